The van der Waals surface area contributed by atoms with Crippen LogP contribution in [-0.2, 0) is 42.1 Å². The quantitative estimate of drug-likeness (QED) is 0.358. The fraction of sp³-hybridized carbons (Fsp3) is 0.192. The van der Waals surface area contributed by atoms with Crippen LogP contribution in [0, 0.1) is 18.2 Å². The fourth-order valence-corrected chi connectivity index (χ4v) is 2.95. The summed E-state index contributed by atoms with van der Waals surface area (Å²) in [6, 6.07) is 31.3. The molecule has 6 nitrogen and oxygen atoms in total. The minimum Gasteiger partial charge on any atom is -0.370 e. The number of amidine groups is 2. The smallest absolute Gasteiger partial charge is 0.370 e. The second-order valence-electron chi connectivity index (χ2n) is 6.76. The Balaban J connectivity index is 0.000000248. The molecule has 174 valence electrons. The second-order valence-corrected chi connectivity index (χ2v) is 6.76. The molecule has 8 heteroatoms. The Morgan fingerprint density at radius 1 is 0.824 bits per heavy atom. The van der Waals surface area contributed by atoms with Gasteiger partial charge in [-0.15, -0.1) is 0 Å². The van der Waals surface area contributed by atoms with E-state index in [0.29, 0.717) is 5.56 Å². The zero-order valence-electron chi connectivity index (χ0n) is 18.9. The molecule has 5 rings (SSSR count). The third kappa shape index (κ3) is 9.75. The number of hydrogen-bond donors (Lipinski definition) is 3. The van der Waals surface area contributed by atoms with Gasteiger partial charge in [-0.25, -0.2) is 0 Å². The summed E-state index contributed by atoms with van der Waals surface area (Å²) in [6.45, 7) is 3.73. The number of amides is 1. The van der Waals surface area contributed by atoms with Crippen molar-refractivity contribution in [3.8, 4) is 0 Å². The Bertz CT molecular complexity index is 969. The SMILES string of the molecule is CNC(=O)c1c[c-]ccc1.[W+2].[W].[c-]1ccc(C2=NCCN2)cc1.[c-]1ccc(C2=NCCN2)cc1. The summed E-state index contributed by atoms with van der Waals surface area (Å²) in [7, 11) is 1.61. The molecular formula is C26H26N5OW2-. The van der Waals surface area contributed by atoms with Gasteiger partial charge in [-0.2, -0.15) is 91.0 Å². The first-order valence-corrected chi connectivity index (χ1v) is 10.5. The van der Waals surface area contributed by atoms with Gasteiger partial charge in [0.2, 0.25) is 0 Å². The van der Waals surface area contributed by atoms with E-state index in [1.807, 2.05) is 48.5 Å². The molecule has 0 unspecified atom stereocenters. The Morgan fingerprint density at radius 3 is 1.68 bits per heavy atom. The van der Waals surface area contributed by atoms with Crippen molar-refractivity contribution in [2.24, 2.45) is 9.98 Å². The van der Waals surface area contributed by atoms with Gasteiger partial charge in [-0.05, 0) is 0 Å². The van der Waals surface area contributed by atoms with Crippen molar-refractivity contribution in [1.29, 1.82) is 0 Å². The predicted molar refractivity (Wildman–Crippen MR) is 128 cm³/mol. The number of carbonyl (C=O) groups excluding carboxylic acids is 1. The topological polar surface area (TPSA) is 77.9 Å². The Morgan fingerprint density at radius 2 is 1.32 bits per heavy atom. The monoisotopic (exact) mass is 792 g/mol. The van der Waals surface area contributed by atoms with Gasteiger partial charge in [-0.3, -0.25) is 14.8 Å². The number of hydrogen-bond acceptors (Lipinski definition) is 5. The molecule has 2 aliphatic heterocycles. The van der Waals surface area contributed by atoms with Crippen LogP contribution in [0.25, 0.3) is 0 Å². The van der Waals surface area contributed by atoms with Gasteiger partial charge in [0.1, 0.15) is 11.7 Å². The summed E-state index contributed by atoms with van der Waals surface area (Å²) < 4.78 is 0. The van der Waals surface area contributed by atoms with Crippen LogP contribution in [0.5, 0.6) is 0 Å². The number of rotatable bonds is 3. The Labute approximate surface area is 230 Å². The molecule has 0 radical (unpaired) electrons. The molecule has 0 aliphatic carbocycles. The molecule has 0 bridgehead atoms. The maximum Gasteiger partial charge on any atom is 2.00 e. The molecule has 34 heavy (non-hydrogen) atoms. The molecule has 0 atom stereocenters. The van der Waals surface area contributed by atoms with Gasteiger partial charge in [0.25, 0.3) is 0 Å². The van der Waals surface area contributed by atoms with Gasteiger partial charge in [0.05, 0.1) is 13.1 Å². The van der Waals surface area contributed by atoms with E-state index in [2.05, 4.69) is 44.1 Å². The van der Waals surface area contributed by atoms with E-state index in [0.717, 1.165) is 49.0 Å². The molecule has 3 aromatic carbocycles. The van der Waals surface area contributed by atoms with E-state index in [1.165, 1.54) is 0 Å². The van der Waals surface area contributed by atoms with Gasteiger partial charge >= 0.3 is 21.1 Å². The molecule has 0 saturated carbocycles. The molecule has 0 spiro atoms. The summed E-state index contributed by atoms with van der Waals surface area (Å²) in [5.41, 5.74) is 2.95. The average Bonchev–Trinajstić information content (AvgIpc) is 3.61. The van der Waals surface area contributed by atoms with Crippen LogP contribution < -0.4 is 16.0 Å². The van der Waals surface area contributed by atoms with Crippen LogP contribution >= 0.6 is 0 Å². The molecule has 0 aromatic heterocycles. The average molecular weight is 792 g/mol. The van der Waals surface area contributed by atoms with Crippen molar-refractivity contribution in [3.05, 3.63) is 108 Å². The summed E-state index contributed by atoms with van der Waals surface area (Å²) in [5.74, 6) is 1.95. The zero-order chi connectivity index (χ0) is 22.4. The molecular weight excluding hydrogens is 766 g/mol. The zero-order valence-corrected chi connectivity index (χ0v) is 24.7. The minimum atomic E-state index is -0.0724. The van der Waals surface area contributed by atoms with E-state index >= 15 is 0 Å². The predicted octanol–water partition coefficient (Wildman–Crippen LogP) is 2.51. The molecule has 0 fully saturated rings. The van der Waals surface area contributed by atoms with Crippen LogP contribution in [-0.4, -0.2) is 50.8 Å². The normalized spacial score (nSPS) is 12.9. The van der Waals surface area contributed by atoms with Crippen LogP contribution in [0.4, 0.5) is 0 Å². The first kappa shape index (κ1) is 29.5. The number of benzene rings is 3. The minimum absolute atomic E-state index is 0. The number of aliphatic imine (C=N–C) groups is 2. The molecule has 3 aromatic rings. The van der Waals surface area contributed by atoms with Crippen molar-refractivity contribution in [3.63, 3.8) is 0 Å². The fourth-order valence-electron chi connectivity index (χ4n) is 2.95. The summed E-state index contributed by atoms with van der Waals surface area (Å²) in [5, 5.41) is 8.94. The molecule has 1 amide bonds. The second kappa shape index (κ2) is 17.0. The van der Waals surface area contributed by atoms with Crippen molar-refractivity contribution >= 4 is 17.6 Å². The first-order chi connectivity index (χ1) is 15.8. The summed E-state index contributed by atoms with van der Waals surface area (Å²) >= 11 is 0. The van der Waals surface area contributed by atoms with Crippen LogP contribution in [0.1, 0.15) is 21.5 Å². The first-order valence-electron chi connectivity index (χ1n) is 10.5. The summed E-state index contributed by atoms with van der Waals surface area (Å²) in [4.78, 5) is 19.5. The van der Waals surface area contributed by atoms with Crippen molar-refractivity contribution in [2.75, 3.05) is 33.2 Å². The third-order valence-electron chi connectivity index (χ3n) is 4.53. The maximum atomic E-state index is 10.9. The number of carbonyl (C=O) groups is 1. The van der Waals surface area contributed by atoms with Crippen molar-refractivity contribution in [2.45, 2.75) is 0 Å². The number of nitrogens with zero attached hydrogens (tertiary/aromatic N) is 2. The Kier molecular flexibility index (Phi) is 14.7. The van der Waals surface area contributed by atoms with Crippen LogP contribution in [0.2, 0.25) is 0 Å². The van der Waals surface area contributed by atoms with Gasteiger partial charge in [0.15, 0.2) is 5.91 Å². The Hall–Kier alpha value is -2.55. The van der Waals surface area contributed by atoms with E-state index in [4.69, 9.17) is 0 Å². The van der Waals surface area contributed by atoms with Crippen LogP contribution in [0.15, 0.2) is 82.8 Å². The largest absolute Gasteiger partial charge is 2.00 e. The van der Waals surface area contributed by atoms with E-state index in [9.17, 15) is 4.79 Å². The molecule has 3 N–H and O–H groups in total. The van der Waals surface area contributed by atoms with Crippen molar-refractivity contribution < 1.29 is 46.9 Å². The maximum absolute atomic E-state index is 10.9. The van der Waals surface area contributed by atoms with Gasteiger partial charge in [0, 0.05) is 41.2 Å². The standard InChI is InChI=1S/2C9H9N2.C8H8NO.2W/c2*1-2-4-8(5-3-1)9-10-6-7-11-9;1-9-8(10)7-5-3-2-4-6-7;;/h2*2-5H,6-7H2,(H,10,11);2-3,5-6H,1H3,(H,9,10);;/q3*-1;;+2. The van der Waals surface area contributed by atoms with E-state index in [1.54, 1.807) is 31.3 Å². The molecule has 2 heterocycles. The van der Waals surface area contributed by atoms with E-state index in [-0.39, 0.29) is 48.0 Å². The molecule has 0 saturated heterocycles. The third-order valence-corrected chi connectivity index (χ3v) is 4.53. The van der Waals surface area contributed by atoms with E-state index < -0.39 is 0 Å². The van der Waals surface area contributed by atoms with Crippen LogP contribution in [0.3, 0.4) is 0 Å². The number of nitrogens with one attached hydrogen (secondary N) is 3. The van der Waals surface area contributed by atoms with Gasteiger partial charge in [-0.1, -0.05) is 16.7 Å². The van der Waals surface area contributed by atoms with Crippen molar-refractivity contribution in [1.82, 2.24) is 16.0 Å². The van der Waals surface area contributed by atoms with Gasteiger partial charge < -0.3 is 16.0 Å². The molecule has 2 aliphatic rings. The summed E-state index contributed by atoms with van der Waals surface area (Å²) in [6.07, 6.45) is 0.